The van der Waals surface area contributed by atoms with Gasteiger partial charge in [-0.25, -0.2) is 0 Å². The molecule has 94 valence electrons. The van der Waals surface area contributed by atoms with Gasteiger partial charge in [0.05, 0.1) is 5.56 Å². The van der Waals surface area contributed by atoms with Gasteiger partial charge in [0.2, 0.25) is 0 Å². The van der Waals surface area contributed by atoms with E-state index in [1.807, 2.05) is 32.9 Å². The van der Waals surface area contributed by atoms with Crippen molar-refractivity contribution in [3.8, 4) is 28.4 Å². The molecule has 3 heteroatoms. The highest BCUT2D eigenvalue weighted by atomic mass is 16.3. The minimum Gasteiger partial charge on any atom is -0.508 e. The fourth-order valence-electron chi connectivity index (χ4n) is 2.19. The largest absolute Gasteiger partial charge is 0.508 e. The van der Waals surface area contributed by atoms with Gasteiger partial charge in [0.1, 0.15) is 17.2 Å². The number of hydrogen-bond donors (Lipinski definition) is 3. The van der Waals surface area contributed by atoms with E-state index in [1.165, 1.54) is 12.1 Å². The summed E-state index contributed by atoms with van der Waals surface area (Å²) in [6.07, 6.45) is 0. The second kappa shape index (κ2) is 4.26. The fourth-order valence-corrected chi connectivity index (χ4v) is 2.19. The van der Waals surface area contributed by atoms with E-state index in [0.717, 1.165) is 22.3 Å². The van der Waals surface area contributed by atoms with Crippen LogP contribution in [0.1, 0.15) is 16.7 Å². The third-order valence-corrected chi connectivity index (χ3v) is 3.28. The van der Waals surface area contributed by atoms with Gasteiger partial charge in [0.15, 0.2) is 0 Å². The van der Waals surface area contributed by atoms with Crippen LogP contribution in [-0.2, 0) is 0 Å². The van der Waals surface area contributed by atoms with Gasteiger partial charge in [0, 0.05) is 12.1 Å². The SMILES string of the molecule is Cc1ccc(C)c(-c2c(O)cc(O)cc2O)c1C. The number of rotatable bonds is 1. The Morgan fingerprint density at radius 2 is 1.22 bits per heavy atom. The molecule has 0 aliphatic carbocycles. The third-order valence-electron chi connectivity index (χ3n) is 3.28. The van der Waals surface area contributed by atoms with Crippen LogP contribution in [0.4, 0.5) is 0 Å². The zero-order valence-electron chi connectivity index (χ0n) is 10.7. The smallest absolute Gasteiger partial charge is 0.130 e. The monoisotopic (exact) mass is 244 g/mol. The van der Waals surface area contributed by atoms with Crippen LogP contribution in [0, 0.1) is 20.8 Å². The van der Waals surface area contributed by atoms with E-state index in [1.54, 1.807) is 0 Å². The first kappa shape index (κ1) is 12.3. The van der Waals surface area contributed by atoms with Crippen molar-refractivity contribution in [3.63, 3.8) is 0 Å². The Morgan fingerprint density at radius 1 is 0.722 bits per heavy atom. The first-order valence-corrected chi connectivity index (χ1v) is 5.74. The highest BCUT2D eigenvalue weighted by molar-refractivity contribution is 5.82. The van der Waals surface area contributed by atoms with Gasteiger partial charge in [-0.05, 0) is 43.0 Å². The lowest BCUT2D eigenvalue weighted by molar-refractivity contribution is 0.430. The lowest BCUT2D eigenvalue weighted by Crippen LogP contribution is -1.92. The Hall–Kier alpha value is -2.16. The van der Waals surface area contributed by atoms with Crippen molar-refractivity contribution >= 4 is 0 Å². The van der Waals surface area contributed by atoms with Crippen LogP contribution in [0.3, 0.4) is 0 Å². The van der Waals surface area contributed by atoms with Crippen molar-refractivity contribution in [2.24, 2.45) is 0 Å². The molecular weight excluding hydrogens is 228 g/mol. The second-order valence-electron chi connectivity index (χ2n) is 4.56. The Balaban J connectivity index is 2.81. The molecular formula is C15H16O3. The van der Waals surface area contributed by atoms with Crippen molar-refractivity contribution in [2.45, 2.75) is 20.8 Å². The van der Waals surface area contributed by atoms with Crippen LogP contribution >= 0.6 is 0 Å². The molecule has 0 aliphatic heterocycles. The minimum absolute atomic E-state index is 0.121. The molecule has 0 aliphatic rings. The number of phenols is 3. The third kappa shape index (κ3) is 1.88. The average Bonchev–Trinajstić information content (AvgIpc) is 2.27. The lowest BCUT2D eigenvalue weighted by Gasteiger charge is -2.15. The van der Waals surface area contributed by atoms with Gasteiger partial charge in [-0.1, -0.05) is 12.1 Å². The summed E-state index contributed by atoms with van der Waals surface area (Å²) in [6, 6.07) is 6.42. The van der Waals surface area contributed by atoms with Gasteiger partial charge in [0.25, 0.3) is 0 Å². The molecule has 0 heterocycles. The van der Waals surface area contributed by atoms with Gasteiger partial charge >= 0.3 is 0 Å². The molecule has 3 nitrogen and oxygen atoms in total. The van der Waals surface area contributed by atoms with Gasteiger partial charge in [-0.2, -0.15) is 0 Å². The van der Waals surface area contributed by atoms with Gasteiger partial charge in [-0.15, -0.1) is 0 Å². The Kier molecular flexibility index (Phi) is 2.91. The topological polar surface area (TPSA) is 60.7 Å². The zero-order chi connectivity index (χ0) is 13.4. The van der Waals surface area contributed by atoms with E-state index in [4.69, 9.17) is 0 Å². The summed E-state index contributed by atoms with van der Waals surface area (Å²) >= 11 is 0. The molecule has 0 aromatic heterocycles. The van der Waals surface area contributed by atoms with Crippen molar-refractivity contribution < 1.29 is 15.3 Å². The van der Waals surface area contributed by atoms with Crippen LogP contribution in [0.5, 0.6) is 17.2 Å². The summed E-state index contributed by atoms with van der Waals surface area (Å²) in [4.78, 5) is 0. The quantitative estimate of drug-likeness (QED) is 0.720. The first-order chi connectivity index (χ1) is 8.41. The number of aryl methyl sites for hydroxylation is 2. The number of benzene rings is 2. The van der Waals surface area contributed by atoms with E-state index in [9.17, 15) is 15.3 Å². The molecule has 2 rings (SSSR count). The van der Waals surface area contributed by atoms with E-state index in [2.05, 4.69) is 0 Å². The van der Waals surface area contributed by atoms with Gasteiger partial charge in [-0.3, -0.25) is 0 Å². The molecule has 0 amide bonds. The van der Waals surface area contributed by atoms with E-state index in [0.29, 0.717) is 5.56 Å². The summed E-state index contributed by atoms with van der Waals surface area (Å²) in [5, 5.41) is 29.2. The highest BCUT2D eigenvalue weighted by Gasteiger charge is 2.16. The maximum atomic E-state index is 9.95. The molecule has 0 atom stereocenters. The highest BCUT2D eigenvalue weighted by Crippen LogP contribution is 2.43. The second-order valence-corrected chi connectivity index (χ2v) is 4.56. The maximum absolute atomic E-state index is 9.95. The van der Waals surface area contributed by atoms with Crippen molar-refractivity contribution in [1.29, 1.82) is 0 Å². The molecule has 0 spiro atoms. The summed E-state index contributed by atoms with van der Waals surface area (Å²) in [7, 11) is 0. The molecule has 0 radical (unpaired) electrons. The number of aromatic hydroxyl groups is 3. The Morgan fingerprint density at radius 3 is 1.78 bits per heavy atom. The zero-order valence-corrected chi connectivity index (χ0v) is 10.7. The minimum atomic E-state index is -0.156. The van der Waals surface area contributed by atoms with Crippen LogP contribution in [0.15, 0.2) is 24.3 Å². The average molecular weight is 244 g/mol. The molecule has 3 N–H and O–H groups in total. The summed E-state index contributed by atoms with van der Waals surface area (Å²) in [6.45, 7) is 5.85. The molecule has 2 aromatic rings. The molecule has 0 bridgehead atoms. The van der Waals surface area contributed by atoms with Crippen LogP contribution in [0.2, 0.25) is 0 Å². The normalized spacial score (nSPS) is 10.6. The van der Waals surface area contributed by atoms with E-state index in [-0.39, 0.29) is 17.2 Å². The Labute approximate surface area is 106 Å². The summed E-state index contributed by atoms with van der Waals surface area (Å²) < 4.78 is 0. The van der Waals surface area contributed by atoms with Crippen molar-refractivity contribution in [1.82, 2.24) is 0 Å². The predicted molar refractivity (Wildman–Crippen MR) is 71.1 cm³/mol. The summed E-state index contributed by atoms with van der Waals surface area (Å²) in [5.41, 5.74) is 4.24. The lowest BCUT2D eigenvalue weighted by atomic mass is 9.91. The van der Waals surface area contributed by atoms with Crippen molar-refractivity contribution in [3.05, 3.63) is 41.0 Å². The fraction of sp³-hybridized carbons (Fsp3) is 0.200. The van der Waals surface area contributed by atoms with E-state index < -0.39 is 0 Å². The number of phenolic OH excluding ortho intramolecular Hbond substituents is 3. The van der Waals surface area contributed by atoms with Crippen molar-refractivity contribution in [2.75, 3.05) is 0 Å². The molecule has 2 aromatic carbocycles. The summed E-state index contributed by atoms with van der Waals surface area (Å²) in [5.74, 6) is -0.398. The molecule has 0 saturated heterocycles. The molecule has 0 fully saturated rings. The van der Waals surface area contributed by atoms with Crippen LogP contribution < -0.4 is 0 Å². The first-order valence-electron chi connectivity index (χ1n) is 5.74. The van der Waals surface area contributed by atoms with Crippen LogP contribution in [-0.4, -0.2) is 15.3 Å². The molecule has 0 unspecified atom stereocenters. The Bertz CT molecular complexity index is 592. The predicted octanol–water partition coefficient (Wildman–Crippen LogP) is 3.40. The standard InChI is InChI=1S/C15H16O3/c1-8-4-5-9(2)14(10(8)3)15-12(17)6-11(16)7-13(15)18/h4-7,16-18H,1-3H3. The number of hydrogen-bond acceptors (Lipinski definition) is 3. The van der Waals surface area contributed by atoms with Crippen LogP contribution in [0.25, 0.3) is 11.1 Å². The maximum Gasteiger partial charge on any atom is 0.130 e. The molecule has 18 heavy (non-hydrogen) atoms. The van der Waals surface area contributed by atoms with Gasteiger partial charge < -0.3 is 15.3 Å². The van der Waals surface area contributed by atoms with E-state index >= 15 is 0 Å². The molecule has 0 saturated carbocycles.